The minimum atomic E-state index is 0.0297. The number of thioether (sulfide) groups is 1. The van der Waals surface area contributed by atoms with E-state index in [1.165, 1.54) is 29.5 Å². The zero-order valence-corrected chi connectivity index (χ0v) is 21.0. The number of thiophene rings is 1. The largest absolute Gasteiger partial charge is 0.376 e. The summed E-state index contributed by atoms with van der Waals surface area (Å²) in [6.45, 7) is 10.2. The van der Waals surface area contributed by atoms with E-state index in [2.05, 4.69) is 57.2 Å². The number of hydrogen-bond donors (Lipinski definition) is 1. The van der Waals surface area contributed by atoms with E-state index in [1.54, 1.807) is 11.3 Å². The number of nitrogens with zero attached hydrogens (tertiary/aromatic N) is 4. The molecule has 2 saturated heterocycles. The van der Waals surface area contributed by atoms with E-state index in [-0.39, 0.29) is 18.1 Å². The smallest absolute Gasteiger partial charge is 0.230 e. The van der Waals surface area contributed by atoms with Gasteiger partial charge in [-0.25, -0.2) is 0 Å². The van der Waals surface area contributed by atoms with Crippen molar-refractivity contribution in [3.05, 3.63) is 22.4 Å². The second kappa shape index (κ2) is 11.0. The summed E-state index contributed by atoms with van der Waals surface area (Å²) in [6, 6.07) is 4.16. The summed E-state index contributed by atoms with van der Waals surface area (Å²) in [4.78, 5) is 16.3. The van der Waals surface area contributed by atoms with Gasteiger partial charge >= 0.3 is 0 Å². The van der Waals surface area contributed by atoms with Crippen molar-refractivity contribution in [2.75, 3.05) is 30.3 Å². The van der Waals surface area contributed by atoms with Gasteiger partial charge in [0.25, 0.3) is 0 Å². The molecule has 32 heavy (non-hydrogen) atoms. The first-order valence-electron chi connectivity index (χ1n) is 11.8. The summed E-state index contributed by atoms with van der Waals surface area (Å²) in [5.74, 6) is 2.38. The van der Waals surface area contributed by atoms with Crippen molar-refractivity contribution in [1.82, 2.24) is 20.1 Å². The molecule has 176 valence electrons. The van der Waals surface area contributed by atoms with Crippen LogP contribution in [0.3, 0.4) is 0 Å². The third-order valence-corrected chi connectivity index (χ3v) is 8.26. The maximum absolute atomic E-state index is 12.8. The molecule has 0 aliphatic carbocycles. The number of aromatic nitrogens is 3. The van der Waals surface area contributed by atoms with Crippen LogP contribution in [-0.2, 0) is 16.1 Å². The maximum Gasteiger partial charge on any atom is 0.230 e. The molecular formula is C23H35N5O2S2. The molecule has 4 heterocycles. The SMILES string of the molecule is CC1CCN(c2nnc(SCC(=O)NC(c3cccs3)C(C)C)n2CC2CCCO2)CC1. The fourth-order valence-electron chi connectivity index (χ4n) is 4.36. The number of hydrogen-bond acceptors (Lipinski definition) is 7. The lowest BCUT2D eigenvalue weighted by Crippen LogP contribution is -2.35. The first-order chi connectivity index (χ1) is 15.5. The van der Waals surface area contributed by atoms with Gasteiger partial charge < -0.3 is 15.0 Å². The van der Waals surface area contributed by atoms with Crippen LogP contribution in [0.4, 0.5) is 5.95 Å². The molecule has 7 nitrogen and oxygen atoms in total. The Morgan fingerprint density at radius 3 is 2.78 bits per heavy atom. The van der Waals surface area contributed by atoms with E-state index in [0.29, 0.717) is 11.7 Å². The topological polar surface area (TPSA) is 72.3 Å². The number of rotatable bonds is 9. The van der Waals surface area contributed by atoms with Crippen molar-refractivity contribution >= 4 is 35.0 Å². The van der Waals surface area contributed by atoms with Gasteiger partial charge in [0.15, 0.2) is 5.16 Å². The number of carbonyl (C=O) groups excluding carboxylic acids is 1. The van der Waals surface area contributed by atoms with Gasteiger partial charge in [0.1, 0.15) is 0 Å². The van der Waals surface area contributed by atoms with Crippen LogP contribution >= 0.6 is 23.1 Å². The van der Waals surface area contributed by atoms with Crippen molar-refractivity contribution in [3.8, 4) is 0 Å². The predicted octanol–water partition coefficient (Wildman–Crippen LogP) is 4.36. The average Bonchev–Trinajstić information content (AvgIpc) is 3.54. The second-order valence-electron chi connectivity index (χ2n) is 9.29. The number of carbonyl (C=O) groups is 1. The molecule has 2 aliphatic rings. The normalized spacial score (nSPS) is 20.8. The predicted molar refractivity (Wildman–Crippen MR) is 130 cm³/mol. The zero-order chi connectivity index (χ0) is 22.5. The molecule has 0 bridgehead atoms. The quantitative estimate of drug-likeness (QED) is 0.541. The van der Waals surface area contributed by atoms with Gasteiger partial charge in [0.2, 0.25) is 11.9 Å². The van der Waals surface area contributed by atoms with E-state index < -0.39 is 0 Å². The lowest BCUT2D eigenvalue weighted by Gasteiger charge is -2.31. The molecule has 0 spiro atoms. The van der Waals surface area contributed by atoms with Gasteiger partial charge in [-0.3, -0.25) is 9.36 Å². The van der Waals surface area contributed by atoms with Gasteiger partial charge in [-0.05, 0) is 49.0 Å². The molecule has 2 aromatic rings. The molecule has 2 aliphatic heterocycles. The summed E-state index contributed by atoms with van der Waals surface area (Å²) in [7, 11) is 0. The molecule has 0 saturated carbocycles. The number of amides is 1. The Kier molecular flexibility index (Phi) is 8.12. The minimum absolute atomic E-state index is 0.0297. The van der Waals surface area contributed by atoms with Gasteiger partial charge in [-0.1, -0.05) is 38.6 Å². The number of ether oxygens (including phenoxy) is 1. The Hall–Kier alpha value is -1.58. The average molecular weight is 478 g/mol. The minimum Gasteiger partial charge on any atom is -0.376 e. The van der Waals surface area contributed by atoms with Crippen molar-refractivity contribution in [3.63, 3.8) is 0 Å². The summed E-state index contributed by atoms with van der Waals surface area (Å²) < 4.78 is 8.09. The highest BCUT2D eigenvalue weighted by Gasteiger charge is 2.26. The fraction of sp³-hybridized carbons (Fsp3) is 0.696. The van der Waals surface area contributed by atoms with Gasteiger partial charge in [-0.2, -0.15) is 0 Å². The molecule has 1 amide bonds. The van der Waals surface area contributed by atoms with Crippen molar-refractivity contribution in [1.29, 1.82) is 0 Å². The van der Waals surface area contributed by atoms with Crippen LogP contribution in [0.25, 0.3) is 0 Å². The van der Waals surface area contributed by atoms with Crippen LogP contribution in [-0.4, -0.2) is 52.2 Å². The number of anilines is 1. The van der Waals surface area contributed by atoms with Crippen molar-refractivity contribution in [2.24, 2.45) is 11.8 Å². The van der Waals surface area contributed by atoms with Crippen molar-refractivity contribution < 1.29 is 9.53 Å². The molecule has 0 radical (unpaired) electrons. The summed E-state index contributed by atoms with van der Waals surface area (Å²) in [5, 5.41) is 15.1. The summed E-state index contributed by atoms with van der Waals surface area (Å²) in [6.07, 6.45) is 4.73. The van der Waals surface area contributed by atoms with Crippen molar-refractivity contribution in [2.45, 2.75) is 70.3 Å². The Balaban J connectivity index is 1.43. The lowest BCUT2D eigenvalue weighted by atomic mass is 10.00. The number of nitrogens with one attached hydrogen (secondary N) is 1. The third-order valence-electron chi connectivity index (χ3n) is 6.34. The van der Waals surface area contributed by atoms with E-state index in [1.807, 2.05) is 6.07 Å². The van der Waals surface area contributed by atoms with Crippen LogP contribution in [0.1, 0.15) is 57.4 Å². The van der Waals surface area contributed by atoms with E-state index in [0.717, 1.165) is 56.1 Å². The van der Waals surface area contributed by atoms with E-state index in [4.69, 9.17) is 4.74 Å². The highest BCUT2D eigenvalue weighted by atomic mass is 32.2. The van der Waals surface area contributed by atoms with E-state index >= 15 is 0 Å². The van der Waals surface area contributed by atoms with Gasteiger partial charge in [-0.15, -0.1) is 21.5 Å². The molecule has 0 aromatic carbocycles. The Morgan fingerprint density at radius 2 is 2.12 bits per heavy atom. The Morgan fingerprint density at radius 1 is 1.31 bits per heavy atom. The molecule has 2 aromatic heterocycles. The molecule has 4 rings (SSSR count). The van der Waals surface area contributed by atoms with Crippen LogP contribution in [0.5, 0.6) is 0 Å². The molecule has 2 atom stereocenters. The van der Waals surface area contributed by atoms with Crippen LogP contribution in [0.15, 0.2) is 22.7 Å². The summed E-state index contributed by atoms with van der Waals surface area (Å²) in [5.41, 5.74) is 0. The van der Waals surface area contributed by atoms with Gasteiger partial charge in [0.05, 0.1) is 24.4 Å². The first-order valence-corrected chi connectivity index (χ1v) is 13.6. The molecular weight excluding hydrogens is 442 g/mol. The maximum atomic E-state index is 12.8. The zero-order valence-electron chi connectivity index (χ0n) is 19.3. The Labute approximate surface area is 199 Å². The second-order valence-corrected chi connectivity index (χ2v) is 11.2. The lowest BCUT2D eigenvalue weighted by molar-refractivity contribution is -0.119. The highest BCUT2D eigenvalue weighted by molar-refractivity contribution is 7.99. The molecule has 9 heteroatoms. The fourth-order valence-corrected chi connectivity index (χ4v) is 6.07. The van der Waals surface area contributed by atoms with E-state index in [9.17, 15) is 4.79 Å². The van der Waals surface area contributed by atoms with Gasteiger partial charge in [0, 0.05) is 24.6 Å². The molecule has 2 unspecified atom stereocenters. The highest BCUT2D eigenvalue weighted by Crippen LogP contribution is 2.29. The Bertz CT molecular complexity index is 856. The first kappa shape index (κ1) is 23.6. The van der Waals surface area contributed by atoms with Crippen LogP contribution in [0.2, 0.25) is 0 Å². The monoisotopic (exact) mass is 477 g/mol. The standard InChI is InChI=1S/C23H35N5O2S2/c1-16(2)21(19-7-5-13-31-19)24-20(29)15-32-23-26-25-22(27-10-8-17(3)9-11-27)28(23)14-18-6-4-12-30-18/h5,7,13,16-18,21H,4,6,8-12,14-15H2,1-3H3,(H,24,29). The number of piperidine rings is 1. The third kappa shape index (κ3) is 5.85. The van der Waals surface area contributed by atoms with Crippen LogP contribution in [0, 0.1) is 11.8 Å². The molecule has 1 N–H and O–H groups in total. The van der Waals surface area contributed by atoms with Crippen LogP contribution < -0.4 is 10.2 Å². The summed E-state index contributed by atoms with van der Waals surface area (Å²) >= 11 is 3.16. The molecule has 2 fully saturated rings.